The Hall–Kier alpha value is -0.930. The summed E-state index contributed by atoms with van der Waals surface area (Å²) in [5.74, 6) is 0.825. The molecule has 0 aromatic heterocycles. The number of nitrogens with one attached hydrogen (secondary N) is 1. The summed E-state index contributed by atoms with van der Waals surface area (Å²) in [5, 5.41) is 3.47. The molecular weight excluding hydrogens is 508 g/mol. The molecule has 31 heavy (non-hydrogen) atoms. The Balaban J connectivity index is 0.00000272. The first-order chi connectivity index (χ1) is 14.7. The predicted molar refractivity (Wildman–Crippen MR) is 133 cm³/mol. The topological polar surface area (TPSA) is 46.1 Å². The van der Waals surface area contributed by atoms with Gasteiger partial charge < -0.3 is 19.7 Å². The Morgan fingerprint density at radius 2 is 1.94 bits per heavy atom. The number of hydrogen-bond donors (Lipinski definition) is 1. The molecule has 174 valence electrons. The highest BCUT2D eigenvalue weighted by atomic mass is 127. The zero-order valence-electron chi connectivity index (χ0n) is 18.7. The van der Waals surface area contributed by atoms with Crippen LogP contribution in [0.3, 0.4) is 0 Å². The van der Waals surface area contributed by atoms with Gasteiger partial charge in [0.1, 0.15) is 5.82 Å². The van der Waals surface area contributed by atoms with Gasteiger partial charge in [-0.25, -0.2) is 4.39 Å². The normalized spacial score (nSPS) is 23.9. The van der Waals surface area contributed by atoms with Gasteiger partial charge in [0.2, 0.25) is 0 Å². The van der Waals surface area contributed by atoms with Gasteiger partial charge in [-0.2, -0.15) is 0 Å². The fourth-order valence-corrected chi connectivity index (χ4v) is 4.56. The summed E-state index contributed by atoms with van der Waals surface area (Å²) in [6.07, 6.45) is 8.49. The van der Waals surface area contributed by atoms with Crippen LogP contribution in [-0.2, 0) is 14.9 Å². The molecule has 5 nitrogen and oxygen atoms in total. The largest absolute Gasteiger partial charge is 0.376 e. The molecule has 7 heteroatoms. The third-order valence-electron chi connectivity index (χ3n) is 6.71. The highest BCUT2D eigenvalue weighted by Gasteiger charge is 2.44. The standard InChI is InChI=1S/C24H36FN3O2.HI/c1-2-26-23(27-18-24(12-13-24)19-6-8-20(25)9-7-19)28-14-10-21(11-15-28)30-17-22-5-3-4-16-29-22;/h6-9,21-22H,2-5,10-18H2,1H3,(H,26,27);1H. The maximum absolute atomic E-state index is 13.3. The Labute approximate surface area is 203 Å². The average Bonchev–Trinajstić information content (AvgIpc) is 3.58. The molecule has 4 rings (SSSR count). The predicted octanol–water partition coefficient (Wildman–Crippen LogP) is 4.49. The minimum absolute atomic E-state index is 0. The van der Waals surface area contributed by atoms with E-state index >= 15 is 0 Å². The molecule has 0 spiro atoms. The number of guanidine groups is 1. The molecule has 0 amide bonds. The van der Waals surface area contributed by atoms with Gasteiger partial charge in [-0.15, -0.1) is 24.0 Å². The van der Waals surface area contributed by atoms with Crippen LogP contribution >= 0.6 is 24.0 Å². The summed E-state index contributed by atoms with van der Waals surface area (Å²) in [7, 11) is 0. The second kappa shape index (κ2) is 11.8. The van der Waals surface area contributed by atoms with Crippen molar-refractivity contribution in [1.82, 2.24) is 10.2 Å². The number of rotatable bonds is 7. The van der Waals surface area contributed by atoms with Crippen molar-refractivity contribution in [2.45, 2.75) is 69.5 Å². The average molecular weight is 545 g/mol. The number of piperidine rings is 1. The van der Waals surface area contributed by atoms with E-state index in [0.29, 0.717) is 6.10 Å². The van der Waals surface area contributed by atoms with Crippen LogP contribution in [0.5, 0.6) is 0 Å². The van der Waals surface area contributed by atoms with Gasteiger partial charge in [0.15, 0.2) is 5.96 Å². The van der Waals surface area contributed by atoms with E-state index in [1.165, 1.54) is 18.4 Å². The van der Waals surface area contributed by atoms with E-state index in [2.05, 4.69) is 17.1 Å². The van der Waals surface area contributed by atoms with Crippen molar-refractivity contribution >= 4 is 29.9 Å². The Kier molecular flexibility index (Phi) is 9.40. The Morgan fingerprint density at radius 1 is 1.19 bits per heavy atom. The van der Waals surface area contributed by atoms with Crippen LogP contribution in [0, 0.1) is 5.82 Å². The van der Waals surface area contributed by atoms with E-state index in [0.717, 1.165) is 77.5 Å². The van der Waals surface area contributed by atoms with Crippen molar-refractivity contribution in [2.24, 2.45) is 4.99 Å². The van der Waals surface area contributed by atoms with Crippen molar-refractivity contribution < 1.29 is 13.9 Å². The SMILES string of the molecule is CCNC(=NCC1(c2ccc(F)cc2)CC1)N1CCC(OCC2CCCCO2)CC1.I. The molecule has 1 atom stereocenters. The van der Waals surface area contributed by atoms with E-state index in [1.54, 1.807) is 12.1 Å². The van der Waals surface area contributed by atoms with E-state index < -0.39 is 0 Å². The van der Waals surface area contributed by atoms with Crippen LogP contribution < -0.4 is 5.32 Å². The molecular formula is C24H37FIN3O2. The van der Waals surface area contributed by atoms with Crippen LogP contribution in [0.4, 0.5) is 4.39 Å². The Morgan fingerprint density at radius 3 is 2.55 bits per heavy atom. The molecule has 1 aromatic rings. The lowest BCUT2D eigenvalue weighted by Crippen LogP contribution is -2.47. The van der Waals surface area contributed by atoms with Gasteiger partial charge in [-0.05, 0) is 69.6 Å². The summed E-state index contributed by atoms with van der Waals surface area (Å²) in [4.78, 5) is 7.35. The molecule has 1 aromatic carbocycles. The minimum Gasteiger partial charge on any atom is -0.376 e. The van der Waals surface area contributed by atoms with Crippen molar-refractivity contribution in [3.05, 3.63) is 35.6 Å². The van der Waals surface area contributed by atoms with E-state index in [1.807, 2.05) is 12.1 Å². The van der Waals surface area contributed by atoms with Gasteiger partial charge >= 0.3 is 0 Å². The maximum Gasteiger partial charge on any atom is 0.193 e. The van der Waals surface area contributed by atoms with Crippen molar-refractivity contribution in [2.75, 3.05) is 39.4 Å². The number of aliphatic imine (C=N–C) groups is 1. The Bertz CT molecular complexity index is 697. The van der Waals surface area contributed by atoms with Crippen LogP contribution in [-0.4, -0.2) is 62.5 Å². The lowest BCUT2D eigenvalue weighted by molar-refractivity contribution is -0.0721. The second-order valence-corrected chi connectivity index (χ2v) is 8.97. The van der Waals surface area contributed by atoms with E-state index in [4.69, 9.17) is 14.5 Å². The van der Waals surface area contributed by atoms with Crippen molar-refractivity contribution in [1.29, 1.82) is 0 Å². The number of hydrogen-bond acceptors (Lipinski definition) is 3. The molecule has 2 aliphatic heterocycles. The summed E-state index contributed by atoms with van der Waals surface area (Å²) in [6.45, 7) is 7.28. The molecule has 2 saturated heterocycles. The van der Waals surface area contributed by atoms with E-state index in [-0.39, 0.29) is 41.3 Å². The second-order valence-electron chi connectivity index (χ2n) is 8.97. The summed E-state index contributed by atoms with van der Waals surface area (Å²) >= 11 is 0. The quantitative estimate of drug-likeness (QED) is 0.312. The fraction of sp³-hybridized carbons (Fsp3) is 0.708. The zero-order valence-corrected chi connectivity index (χ0v) is 21.0. The monoisotopic (exact) mass is 545 g/mol. The number of nitrogens with zero attached hydrogens (tertiary/aromatic N) is 2. The number of likely N-dealkylation sites (tertiary alicyclic amines) is 1. The lowest BCUT2D eigenvalue weighted by atomic mass is 9.96. The van der Waals surface area contributed by atoms with Gasteiger partial charge in [0.25, 0.3) is 0 Å². The van der Waals surface area contributed by atoms with Crippen LogP contribution in [0.2, 0.25) is 0 Å². The summed E-state index contributed by atoms with van der Waals surface area (Å²) in [6, 6.07) is 6.97. The lowest BCUT2D eigenvalue weighted by Gasteiger charge is -2.35. The molecule has 1 N–H and O–H groups in total. The van der Waals surface area contributed by atoms with Gasteiger partial charge in [-0.3, -0.25) is 4.99 Å². The van der Waals surface area contributed by atoms with Gasteiger partial charge in [-0.1, -0.05) is 12.1 Å². The number of halogens is 2. The summed E-state index contributed by atoms with van der Waals surface area (Å²) in [5.41, 5.74) is 1.30. The molecule has 3 aliphatic rings. The molecule has 3 fully saturated rings. The summed E-state index contributed by atoms with van der Waals surface area (Å²) < 4.78 is 25.2. The number of ether oxygens (including phenoxy) is 2. The maximum atomic E-state index is 13.3. The molecule has 0 bridgehead atoms. The first-order valence-corrected chi connectivity index (χ1v) is 11.7. The third kappa shape index (κ3) is 6.78. The highest BCUT2D eigenvalue weighted by Crippen LogP contribution is 2.48. The van der Waals surface area contributed by atoms with Crippen molar-refractivity contribution in [3.63, 3.8) is 0 Å². The molecule has 1 saturated carbocycles. The zero-order chi connectivity index (χ0) is 20.8. The number of benzene rings is 1. The minimum atomic E-state index is -0.175. The van der Waals surface area contributed by atoms with Gasteiger partial charge in [0.05, 0.1) is 25.4 Å². The van der Waals surface area contributed by atoms with Crippen LogP contribution in [0.1, 0.15) is 57.4 Å². The van der Waals surface area contributed by atoms with Crippen LogP contribution in [0.25, 0.3) is 0 Å². The molecule has 1 aliphatic carbocycles. The first kappa shape index (κ1) is 24.7. The molecule has 1 unspecified atom stereocenters. The highest BCUT2D eigenvalue weighted by molar-refractivity contribution is 14.0. The third-order valence-corrected chi connectivity index (χ3v) is 6.71. The fourth-order valence-electron chi connectivity index (χ4n) is 4.56. The first-order valence-electron chi connectivity index (χ1n) is 11.7. The smallest absolute Gasteiger partial charge is 0.193 e. The van der Waals surface area contributed by atoms with Crippen molar-refractivity contribution in [3.8, 4) is 0 Å². The van der Waals surface area contributed by atoms with E-state index in [9.17, 15) is 4.39 Å². The van der Waals surface area contributed by atoms with Gasteiger partial charge in [0, 0.05) is 31.7 Å². The van der Waals surface area contributed by atoms with Crippen LogP contribution in [0.15, 0.2) is 29.3 Å². The molecule has 0 radical (unpaired) electrons. The molecule has 2 heterocycles.